The fourth-order valence-electron chi connectivity index (χ4n) is 2.33. The van der Waals surface area contributed by atoms with Crippen LogP contribution < -0.4 is 5.32 Å². The number of nitrogens with one attached hydrogen (secondary N) is 1. The summed E-state index contributed by atoms with van der Waals surface area (Å²) in [6.07, 6.45) is 1.99. The van der Waals surface area contributed by atoms with Gasteiger partial charge in [-0.2, -0.15) is 0 Å². The van der Waals surface area contributed by atoms with Crippen molar-refractivity contribution in [3.8, 4) is 0 Å². The molecule has 0 unspecified atom stereocenters. The van der Waals surface area contributed by atoms with Gasteiger partial charge >= 0.3 is 0 Å². The Hall–Kier alpha value is -0.930. The molecule has 0 saturated heterocycles. The molecule has 2 nitrogen and oxygen atoms in total. The summed E-state index contributed by atoms with van der Waals surface area (Å²) in [6, 6.07) is 6.97. The Balaban J connectivity index is 2.79. The Morgan fingerprint density at radius 2 is 2.00 bits per heavy atom. The maximum absolute atomic E-state index is 13.4. The van der Waals surface area contributed by atoms with Crippen molar-refractivity contribution in [1.29, 1.82) is 0 Å². The minimum absolute atomic E-state index is 0.00976. The first kappa shape index (κ1) is 15.1. The molecule has 0 saturated carbocycles. The normalized spacial score (nSPS) is 11.8. The van der Waals surface area contributed by atoms with E-state index in [-0.39, 0.29) is 11.2 Å². The lowest BCUT2D eigenvalue weighted by Crippen LogP contribution is -2.38. The molecule has 1 N–H and O–H groups in total. The second-order valence-corrected chi connectivity index (χ2v) is 4.67. The Morgan fingerprint density at radius 1 is 1.28 bits per heavy atom. The molecule has 1 rings (SSSR count). The third-order valence-electron chi connectivity index (χ3n) is 3.74. The van der Waals surface area contributed by atoms with Crippen molar-refractivity contribution in [2.75, 3.05) is 26.8 Å². The van der Waals surface area contributed by atoms with E-state index in [4.69, 9.17) is 4.74 Å². The van der Waals surface area contributed by atoms with Crippen molar-refractivity contribution in [3.05, 3.63) is 35.6 Å². The highest BCUT2D eigenvalue weighted by atomic mass is 19.1. The third kappa shape index (κ3) is 3.79. The standard InChI is InChI=1S/C15H24FNO/c1-4-15(5-2,12-17-9-10-18-3)13-7-6-8-14(16)11-13/h6-8,11,17H,4-5,9-10,12H2,1-3H3. The fraction of sp³-hybridized carbons (Fsp3) is 0.600. The monoisotopic (exact) mass is 253 g/mol. The largest absolute Gasteiger partial charge is 0.383 e. The lowest BCUT2D eigenvalue weighted by Gasteiger charge is -2.33. The number of halogens is 1. The molecule has 0 aliphatic heterocycles. The first-order valence-electron chi connectivity index (χ1n) is 6.64. The van der Waals surface area contributed by atoms with Crippen LogP contribution in [0.4, 0.5) is 4.39 Å². The summed E-state index contributed by atoms with van der Waals surface area (Å²) in [5.41, 5.74) is 1.09. The lowest BCUT2D eigenvalue weighted by molar-refractivity contribution is 0.195. The molecule has 102 valence electrons. The van der Waals surface area contributed by atoms with Gasteiger partial charge < -0.3 is 10.1 Å². The molecule has 18 heavy (non-hydrogen) atoms. The van der Waals surface area contributed by atoms with Crippen LogP contribution in [0.15, 0.2) is 24.3 Å². The molecule has 0 fully saturated rings. The second-order valence-electron chi connectivity index (χ2n) is 4.67. The Kier molecular flexibility index (Phi) is 6.30. The van der Waals surface area contributed by atoms with E-state index in [9.17, 15) is 4.39 Å². The summed E-state index contributed by atoms with van der Waals surface area (Å²) in [4.78, 5) is 0. The minimum Gasteiger partial charge on any atom is -0.383 e. The van der Waals surface area contributed by atoms with Gasteiger partial charge in [0.15, 0.2) is 0 Å². The highest BCUT2D eigenvalue weighted by molar-refractivity contribution is 5.26. The van der Waals surface area contributed by atoms with E-state index in [1.54, 1.807) is 19.2 Å². The number of hydrogen-bond donors (Lipinski definition) is 1. The van der Waals surface area contributed by atoms with Gasteiger partial charge in [-0.25, -0.2) is 4.39 Å². The van der Waals surface area contributed by atoms with Gasteiger partial charge in [-0.3, -0.25) is 0 Å². The van der Waals surface area contributed by atoms with Crippen molar-refractivity contribution < 1.29 is 9.13 Å². The van der Waals surface area contributed by atoms with Crippen LogP contribution in [0.1, 0.15) is 32.3 Å². The number of benzene rings is 1. The van der Waals surface area contributed by atoms with Gasteiger partial charge in [-0.15, -0.1) is 0 Å². The molecule has 0 atom stereocenters. The molecule has 1 aromatic rings. The maximum atomic E-state index is 13.4. The third-order valence-corrected chi connectivity index (χ3v) is 3.74. The number of hydrogen-bond acceptors (Lipinski definition) is 2. The highest BCUT2D eigenvalue weighted by Gasteiger charge is 2.28. The molecule has 0 heterocycles. The highest BCUT2D eigenvalue weighted by Crippen LogP contribution is 2.31. The molecular weight excluding hydrogens is 229 g/mol. The molecule has 0 aliphatic carbocycles. The first-order chi connectivity index (χ1) is 8.68. The Labute approximate surface area is 110 Å². The average Bonchev–Trinajstić information content (AvgIpc) is 2.40. The molecule has 0 amide bonds. The molecule has 1 aromatic carbocycles. The minimum atomic E-state index is -0.157. The number of ether oxygens (including phenoxy) is 1. The van der Waals surface area contributed by atoms with E-state index in [2.05, 4.69) is 19.2 Å². The van der Waals surface area contributed by atoms with Gasteiger partial charge in [0.25, 0.3) is 0 Å². The molecule has 0 aliphatic rings. The Bertz CT molecular complexity index is 350. The average molecular weight is 253 g/mol. The second kappa shape index (κ2) is 7.49. The van der Waals surface area contributed by atoms with Crippen molar-refractivity contribution >= 4 is 0 Å². The van der Waals surface area contributed by atoms with Crippen molar-refractivity contribution in [2.45, 2.75) is 32.1 Å². The first-order valence-corrected chi connectivity index (χ1v) is 6.64. The van der Waals surface area contributed by atoms with Crippen molar-refractivity contribution in [3.63, 3.8) is 0 Å². The van der Waals surface area contributed by atoms with E-state index in [0.29, 0.717) is 6.61 Å². The fourth-order valence-corrected chi connectivity index (χ4v) is 2.33. The summed E-state index contributed by atoms with van der Waals surface area (Å²) in [5, 5.41) is 3.40. The SMILES string of the molecule is CCC(CC)(CNCCOC)c1cccc(F)c1. The zero-order chi connectivity index (χ0) is 13.4. The lowest BCUT2D eigenvalue weighted by atomic mass is 9.75. The topological polar surface area (TPSA) is 21.3 Å². The number of methoxy groups -OCH3 is 1. The van der Waals surface area contributed by atoms with E-state index in [1.807, 2.05) is 6.07 Å². The van der Waals surface area contributed by atoms with E-state index in [1.165, 1.54) is 6.07 Å². The summed E-state index contributed by atoms with van der Waals surface area (Å²) in [7, 11) is 1.70. The molecule has 0 aromatic heterocycles. The summed E-state index contributed by atoms with van der Waals surface area (Å²) >= 11 is 0. The summed E-state index contributed by atoms with van der Waals surface area (Å²) < 4.78 is 18.4. The molecule has 0 spiro atoms. The summed E-state index contributed by atoms with van der Waals surface area (Å²) in [6.45, 7) is 6.70. The van der Waals surface area contributed by atoms with E-state index < -0.39 is 0 Å². The van der Waals surface area contributed by atoms with Gasteiger partial charge in [0, 0.05) is 25.6 Å². The van der Waals surface area contributed by atoms with Crippen molar-refractivity contribution in [2.24, 2.45) is 0 Å². The van der Waals surface area contributed by atoms with Gasteiger partial charge in [-0.05, 0) is 30.5 Å². The zero-order valence-electron chi connectivity index (χ0n) is 11.6. The van der Waals surface area contributed by atoms with Crippen molar-refractivity contribution in [1.82, 2.24) is 5.32 Å². The van der Waals surface area contributed by atoms with Crippen LogP contribution in [-0.2, 0) is 10.2 Å². The van der Waals surface area contributed by atoms with Crippen LogP contribution >= 0.6 is 0 Å². The van der Waals surface area contributed by atoms with E-state index >= 15 is 0 Å². The Morgan fingerprint density at radius 3 is 2.56 bits per heavy atom. The molecule has 3 heteroatoms. The zero-order valence-corrected chi connectivity index (χ0v) is 11.6. The smallest absolute Gasteiger partial charge is 0.123 e. The van der Waals surface area contributed by atoms with Crippen LogP contribution in [0.2, 0.25) is 0 Å². The van der Waals surface area contributed by atoms with Crippen LogP contribution in [0.3, 0.4) is 0 Å². The van der Waals surface area contributed by atoms with Gasteiger partial charge in [0.2, 0.25) is 0 Å². The molecule has 0 bridgehead atoms. The van der Waals surface area contributed by atoms with Crippen LogP contribution in [-0.4, -0.2) is 26.8 Å². The van der Waals surface area contributed by atoms with Crippen LogP contribution in [0, 0.1) is 5.82 Å². The predicted molar refractivity (Wildman–Crippen MR) is 73.4 cm³/mol. The number of rotatable bonds is 8. The molecular formula is C15H24FNO. The van der Waals surface area contributed by atoms with Crippen LogP contribution in [0.5, 0.6) is 0 Å². The van der Waals surface area contributed by atoms with Crippen LogP contribution in [0.25, 0.3) is 0 Å². The maximum Gasteiger partial charge on any atom is 0.123 e. The van der Waals surface area contributed by atoms with Gasteiger partial charge in [0.1, 0.15) is 5.82 Å². The van der Waals surface area contributed by atoms with E-state index in [0.717, 1.165) is 31.5 Å². The van der Waals surface area contributed by atoms with Gasteiger partial charge in [-0.1, -0.05) is 26.0 Å². The predicted octanol–water partition coefficient (Wildman–Crippen LogP) is 3.12. The quantitative estimate of drug-likeness (QED) is 0.719. The van der Waals surface area contributed by atoms with Gasteiger partial charge in [0.05, 0.1) is 6.61 Å². The molecule has 0 radical (unpaired) electrons. The summed E-state index contributed by atoms with van der Waals surface area (Å²) in [5.74, 6) is -0.157.